The molecule has 1 aliphatic carbocycles. The summed E-state index contributed by atoms with van der Waals surface area (Å²) in [5.41, 5.74) is 2.33. The van der Waals surface area contributed by atoms with Crippen LogP contribution in [-0.2, 0) is 30.3 Å². The van der Waals surface area contributed by atoms with E-state index in [4.69, 9.17) is 23.4 Å². The zero-order valence-corrected chi connectivity index (χ0v) is 32.3. The number of likely N-dealkylation sites (tertiary alicyclic amines) is 1. The lowest BCUT2D eigenvalue weighted by Gasteiger charge is -2.30. The first-order valence-electron chi connectivity index (χ1n) is 17.9. The third-order valence-electron chi connectivity index (χ3n) is 8.69. The van der Waals surface area contributed by atoms with Crippen LogP contribution in [0, 0.1) is 6.92 Å². The minimum absolute atomic E-state index is 0. The summed E-state index contributed by atoms with van der Waals surface area (Å²) in [7, 11) is 4.61. The van der Waals surface area contributed by atoms with Gasteiger partial charge in [0.2, 0.25) is 17.7 Å². The van der Waals surface area contributed by atoms with E-state index in [-0.39, 0.29) is 32.0 Å². The van der Waals surface area contributed by atoms with Crippen LogP contribution in [0.2, 0.25) is 0 Å². The van der Waals surface area contributed by atoms with Crippen molar-refractivity contribution >= 4 is 30.6 Å². The Labute approximate surface area is 314 Å². The molecule has 3 aromatic rings. The SMILES string of the molecule is C=O.CC[C@H](NC(=O)OC(C)(C)C)C(=O)N(Cc1ccc(OC2CCCC2)cc1)c1cc(-c2nnc(C3CCN(C(=O)OC)C3)o2)ccc1C.COC.[HH]. The molecule has 2 aromatic carbocycles. The fraction of sp³-hybridized carbons (Fsp3) is 0.538. The lowest BCUT2D eigenvalue weighted by molar-refractivity contribution is -0.120. The van der Waals surface area contributed by atoms with Gasteiger partial charge in [0.05, 0.1) is 25.7 Å². The lowest BCUT2D eigenvalue weighted by Crippen LogP contribution is -2.49. The Morgan fingerprint density at radius 1 is 1.04 bits per heavy atom. The van der Waals surface area contributed by atoms with Crippen molar-refractivity contribution in [3.63, 3.8) is 0 Å². The number of carbonyl (C=O) groups is 4. The zero-order chi connectivity index (χ0) is 39.1. The van der Waals surface area contributed by atoms with Crippen LogP contribution >= 0.6 is 0 Å². The molecule has 1 saturated carbocycles. The molecule has 1 unspecified atom stereocenters. The molecule has 292 valence electrons. The van der Waals surface area contributed by atoms with Crippen molar-refractivity contribution in [1.82, 2.24) is 20.4 Å². The molecule has 2 heterocycles. The highest BCUT2D eigenvalue weighted by atomic mass is 16.6. The maximum atomic E-state index is 14.3. The van der Waals surface area contributed by atoms with E-state index in [1.54, 1.807) is 44.8 Å². The zero-order valence-electron chi connectivity index (χ0n) is 32.3. The summed E-state index contributed by atoms with van der Waals surface area (Å²) in [6.07, 6.45) is 4.76. The number of anilines is 1. The van der Waals surface area contributed by atoms with Crippen molar-refractivity contribution in [3.8, 4) is 17.2 Å². The Balaban J connectivity index is 0.00000160. The van der Waals surface area contributed by atoms with Crippen LogP contribution in [0.15, 0.2) is 46.9 Å². The van der Waals surface area contributed by atoms with Crippen LogP contribution in [0.3, 0.4) is 0 Å². The van der Waals surface area contributed by atoms with E-state index in [0.29, 0.717) is 49.0 Å². The number of alkyl carbamates (subject to hydrolysis) is 1. The highest BCUT2D eigenvalue weighted by molar-refractivity contribution is 5.99. The number of hydrogen-bond acceptors (Lipinski definition) is 11. The van der Waals surface area contributed by atoms with E-state index in [9.17, 15) is 14.4 Å². The molecule has 1 N–H and O–H groups in total. The number of hydrogen-bond donors (Lipinski definition) is 1. The number of carbonyl (C=O) groups excluding carboxylic acids is 4. The number of nitrogens with one attached hydrogen (secondary N) is 1. The smallest absolute Gasteiger partial charge is 0.409 e. The molecule has 53 heavy (non-hydrogen) atoms. The highest BCUT2D eigenvalue weighted by Crippen LogP contribution is 2.33. The molecule has 2 fully saturated rings. The van der Waals surface area contributed by atoms with Gasteiger partial charge >= 0.3 is 12.2 Å². The molecule has 1 saturated heterocycles. The van der Waals surface area contributed by atoms with E-state index in [1.807, 2.05) is 63.1 Å². The lowest BCUT2D eigenvalue weighted by atomic mass is 10.1. The Morgan fingerprint density at radius 2 is 1.70 bits per heavy atom. The highest BCUT2D eigenvalue weighted by Gasteiger charge is 2.32. The second-order valence-electron chi connectivity index (χ2n) is 14.0. The maximum Gasteiger partial charge on any atom is 0.409 e. The maximum absolute atomic E-state index is 14.3. The predicted molar refractivity (Wildman–Crippen MR) is 202 cm³/mol. The average Bonchev–Trinajstić information content (AvgIpc) is 3.94. The van der Waals surface area contributed by atoms with Gasteiger partial charge in [-0.3, -0.25) is 4.79 Å². The monoisotopic (exact) mass is 739 g/mol. The van der Waals surface area contributed by atoms with Gasteiger partial charge in [-0.15, -0.1) is 10.2 Å². The standard InChI is InChI=1S/C36H47N5O7.C2H6O.CH2O.H2/c1-7-29(37-34(43)48-36(3,4)5)33(42)41(21-24-13-16-28(17-14-24)46-27-10-8-9-11-27)30-20-25(15-12-23(30)2)31-38-39-32(47-31)26-18-19-40(22-26)35(44)45-6;1-3-2;1-2;/h12-17,20,26-27,29H,7-11,18-19,21-22H2,1-6H3,(H,37,43);1-2H3;1H2;1H/t26?,29-;;;/m0.../s1. The van der Waals surface area contributed by atoms with Crippen molar-refractivity contribution in [3.05, 3.63) is 59.5 Å². The molecule has 2 aliphatic rings. The van der Waals surface area contributed by atoms with Crippen LogP contribution in [0.1, 0.15) is 90.6 Å². The minimum atomic E-state index is -0.831. The molecule has 0 bridgehead atoms. The van der Waals surface area contributed by atoms with Crippen LogP contribution in [0.4, 0.5) is 15.3 Å². The van der Waals surface area contributed by atoms with Crippen molar-refractivity contribution in [2.45, 2.75) is 103 Å². The van der Waals surface area contributed by atoms with E-state index in [1.165, 1.54) is 20.0 Å². The summed E-state index contributed by atoms with van der Waals surface area (Å²) in [5, 5.41) is 11.4. The van der Waals surface area contributed by atoms with E-state index in [0.717, 1.165) is 29.7 Å². The topological polar surface area (TPSA) is 163 Å². The minimum Gasteiger partial charge on any atom is -0.490 e. The Bertz CT molecular complexity index is 1620. The second-order valence-corrected chi connectivity index (χ2v) is 14.0. The molecule has 0 radical (unpaired) electrons. The quantitative estimate of drug-likeness (QED) is 0.226. The van der Waals surface area contributed by atoms with E-state index in [2.05, 4.69) is 20.3 Å². The number of aryl methyl sites for hydroxylation is 1. The number of ether oxygens (including phenoxy) is 4. The Morgan fingerprint density at radius 3 is 2.30 bits per heavy atom. The fourth-order valence-corrected chi connectivity index (χ4v) is 6.12. The molecule has 2 atom stereocenters. The van der Waals surface area contributed by atoms with Crippen LogP contribution in [0.25, 0.3) is 11.5 Å². The van der Waals surface area contributed by atoms with Gasteiger partial charge in [0.1, 0.15) is 24.2 Å². The largest absolute Gasteiger partial charge is 0.490 e. The molecule has 3 amide bonds. The van der Waals surface area contributed by atoms with E-state index >= 15 is 0 Å². The number of methoxy groups -OCH3 is 2. The van der Waals surface area contributed by atoms with Crippen LogP contribution in [-0.4, -0.2) is 92.1 Å². The number of amides is 3. The molecule has 1 aliphatic heterocycles. The van der Waals surface area contributed by atoms with Gasteiger partial charge in [0.15, 0.2) is 0 Å². The molecular formula is C39H57N5O9. The summed E-state index contributed by atoms with van der Waals surface area (Å²) in [6.45, 7) is 12.3. The van der Waals surface area contributed by atoms with Crippen molar-refractivity contribution in [2.75, 3.05) is 39.3 Å². The number of nitrogens with zero attached hydrogens (tertiary/aromatic N) is 4. The average molecular weight is 740 g/mol. The van der Waals surface area contributed by atoms with Gasteiger partial charge in [0.25, 0.3) is 0 Å². The molecule has 5 rings (SSSR count). The summed E-state index contributed by atoms with van der Waals surface area (Å²) < 4.78 is 26.8. The van der Waals surface area contributed by atoms with Crippen molar-refractivity contribution in [2.24, 2.45) is 0 Å². The van der Waals surface area contributed by atoms with Gasteiger partial charge < -0.3 is 43.3 Å². The summed E-state index contributed by atoms with van der Waals surface area (Å²) in [4.78, 5) is 50.3. The third-order valence-corrected chi connectivity index (χ3v) is 8.69. The second kappa shape index (κ2) is 20.3. The number of aromatic nitrogens is 2. The predicted octanol–water partition coefficient (Wildman–Crippen LogP) is 7.08. The first kappa shape index (κ1) is 42.4. The molecular weight excluding hydrogens is 682 g/mol. The summed E-state index contributed by atoms with van der Waals surface area (Å²) in [5.74, 6) is 1.18. The first-order valence-corrected chi connectivity index (χ1v) is 17.9. The van der Waals surface area contributed by atoms with Crippen molar-refractivity contribution in [1.29, 1.82) is 0 Å². The van der Waals surface area contributed by atoms with Gasteiger partial charge in [-0.2, -0.15) is 0 Å². The van der Waals surface area contributed by atoms with Gasteiger partial charge in [-0.1, -0.05) is 25.1 Å². The molecule has 14 heteroatoms. The van der Waals surface area contributed by atoms with Gasteiger partial charge in [0, 0.05) is 40.0 Å². The van der Waals surface area contributed by atoms with Gasteiger partial charge in [-0.05, 0) is 102 Å². The van der Waals surface area contributed by atoms with Crippen molar-refractivity contribution < 1.29 is 44.0 Å². The van der Waals surface area contributed by atoms with E-state index < -0.39 is 17.7 Å². The van der Waals surface area contributed by atoms with Crippen LogP contribution in [0.5, 0.6) is 5.75 Å². The molecule has 14 nitrogen and oxygen atoms in total. The Hall–Kier alpha value is -4.98. The number of rotatable bonds is 10. The van der Waals surface area contributed by atoms with Crippen LogP contribution < -0.4 is 15.0 Å². The first-order chi connectivity index (χ1) is 25.3. The Kier molecular flexibility index (Phi) is 16.3. The normalized spacial score (nSPS) is 16.0. The summed E-state index contributed by atoms with van der Waals surface area (Å²) >= 11 is 0. The molecule has 1 aromatic heterocycles. The third kappa shape index (κ3) is 12.3. The number of benzene rings is 2. The fourth-order valence-electron chi connectivity index (χ4n) is 6.12. The molecule has 0 spiro atoms. The summed E-state index contributed by atoms with van der Waals surface area (Å²) in [6, 6.07) is 12.6. The van der Waals surface area contributed by atoms with Gasteiger partial charge in [-0.25, -0.2) is 9.59 Å².